The molecule has 0 aliphatic carbocycles. The van der Waals surface area contributed by atoms with E-state index in [9.17, 15) is 9.59 Å². The van der Waals surface area contributed by atoms with Crippen LogP contribution in [0.25, 0.3) is 11.5 Å². The van der Waals surface area contributed by atoms with Gasteiger partial charge < -0.3 is 14.5 Å². The smallest absolute Gasteiger partial charge is 0.341 e. The first-order chi connectivity index (χ1) is 14.0. The summed E-state index contributed by atoms with van der Waals surface area (Å²) in [6, 6.07) is 9.41. The first kappa shape index (κ1) is 21.1. The lowest BCUT2D eigenvalue weighted by Gasteiger charge is -2.06. The molecule has 1 aromatic carbocycles. The molecule has 1 amide bonds. The van der Waals surface area contributed by atoms with E-state index in [0.717, 1.165) is 34.2 Å². The number of rotatable bonds is 8. The van der Waals surface area contributed by atoms with E-state index >= 15 is 0 Å². The lowest BCUT2D eigenvalue weighted by atomic mass is 10.1. The molecule has 0 aliphatic heterocycles. The van der Waals surface area contributed by atoms with Crippen molar-refractivity contribution in [3.63, 3.8) is 0 Å². The van der Waals surface area contributed by atoms with E-state index in [1.807, 2.05) is 44.2 Å². The van der Waals surface area contributed by atoms with Gasteiger partial charge in [0.2, 0.25) is 11.8 Å². The molecule has 29 heavy (non-hydrogen) atoms. The van der Waals surface area contributed by atoms with Crippen LogP contribution in [0.15, 0.2) is 40.0 Å². The summed E-state index contributed by atoms with van der Waals surface area (Å²) in [4.78, 5) is 25.8. The molecule has 3 rings (SSSR count). The molecular weight excluding hydrogens is 410 g/mol. The number of nitrogens with zero attached hydrogens (tertiary/aromatic N) is 2. The molecule has 1 N–H and O–H groups in total. The molecule has 3 aromatic rings. The summed E-state index contributed by atoms with van der Waals surface area (Å²) < 4.78 is 10.7. The molecule has 0 saturated carbocycles. The van der Waals surface area contributed by atoms with Gasteiger partial charge in [-0.25, -0.2) is 4.79 Å². The van der Waals surface area contributed by atoms with Gasteiger partial charge in [0.15, 0.2) is 0 Å². The number of thiophene rings is 1. The van der Waals surface area contributed by atoms with Gasteiger partial charge in [-0.3, -0.25) is 4.79 Å². The van der Waals surface area contributed by atoms with Gasteiger partial charge in [0, 0.05) is 10.4 Å². The first-order valence-corrected chi connectivity index (χ1v) is 10.9. The highest BCUT2D eigenvalue weighted by Gasteiger charge is 2.23. The van der Waals surface area contributed by atoms with Crippen molar-refractivity contribution in [2.45, 2.75) is 32.4 Å². The summed E-state index contributed by atoms with van der Waals surface area (Å²) in [5.74, 6) is -0.200. The van der Waals surface area contributed by atoms with Gasteiger partial charge in [-0.1, -0.05) is 36.9 Å². The zero-order valence-electron chi connectivity index (χ0n) is 16.4. The van der Waals surface area contributed by atoms with Crippen LogP contribution in [-0.4, -0.2) is 34.4 Å². The standard InChI is InChI=1S/C20H21N3O4S2/c1-4-14-12(3)16(19(25)26-5-2)18(29-14)21-15(24)11-28-20-23-22-17(27-20)13-9-7-6-8-10-13/h6-10H,4-5,11H2,1-3H3,(H,21,24). The van der Waals surface area contributed by atoms with Crippen molar-refractivity contribution in [3.05, 3.63) is 46.3 Å². The van der Waals surface area contributed by atoms with Gasteiger partial charge >= 0.3 is 5.97 Å². The van der Waals surface area contributed by atoms with Crippen LogP contribution < -0.4 is 5.32 Å². The second-order valence-electron chi connectivity index (χ2n) is 6.00. The Kier molecular flexibility index (Phi) is 7.05. The highest BCUT2D eigenvalue weighted by atomic mass is 32.2. The third-order valence-corrected chi connectivity index (χ3v) is 6.22. The topological polar surface area (TPSA) is 94.3 Å². The maximum atomic E-state index is 12.4. The number of benzene rings is 1. The molecule has 2 aromatic heterocycles. The van der Waals surface area contributed by atoms with Crippen LogP contribution in [0, 0.1) is 6.92 Å². The van der Waals surface area contributed by atoms with Crippen molar-refractivity contribution in [1.29, 1.82) is 0 Å². The molecule has 0 fully saturated rings. The average molecular weight is 432 g/mol. The van der Waals surface area contributed by atoms with Crippen LogP contribution in [0.4, 0.5) is 5.00 Å². The van der Waals surface area contributed by atoms with Crippen molar-refractivity contribution < 1.29 is 18.7 Å². The van der Waals surface area contributed by atoms with E-state index in [4.69, 9.17) is 9.15 Å². The van der Waals surface area contributed by atoms with E-state index in [-0.39, 0.29) is 18.3 Å². The quantitative estimate of drug-likeness (QED) is 0.412. The maximum absolute atomic E-state index is 12.4. The molecule has 0 aliphatic rings. The number of aryl methyl sites for hydroxylation is 1. The van der Waals surface area contributed by atoms with E-state index in [1.165, 1.54) is 11.3 Å². The number of hydrogen-bond donors (Lipinski definition) is 1. The average Bonchev–Trinajstić information content (AvgIpc) is 3.31. The molecule has 0 atom stereocenters. The molecule has 0 bridgehead atoms. The van der Waals surface area contributed by atoms with E-state index in [2.05, 4.69) is 15.5 Å². The minimum absolute atomic E-state index is 0.0805. The van der Waals surface area contributed by atoms with Crippen molar-refractivity contribution in [1.82, 2.24) is 10.2 Å². The Hall–Kier alpha value is -2.65. The van der Waals surface area contributed by atoms with Crippen LogP contribution in [0.1, 0.15) is 34.6 Å². The number of aromatic nitrogens is 2. The predicted octanol–water partition coefficient (Wildman–Crippen LogP) is 4.58. The molecule has 0 spiro atoms. The van der Waals surface area contributed by atoms with Gasteiger partial charge in [0.25, 0.3) is 5.22 Å². The number of carbonyl (C=O) groups excluding carboxylic acids is 2. The Morgan fingerprint density at radius 1 is 1.21 bits per heavy atom. The molecular formula is C20H21N3O4S2. The number of hydrogen-bond acceptors (Lipinski definition) is 8. The number of nitrogens with one attached hydrogen (secondary N) is 1. The third-order valence-electron chi connectivity index (χ3n) is 4.05. The number of amides is 1. The lowest BCUT2D eigenvalue weighted by molar-refractivity contribution is -0.113. The van der Waals surface area contributed by atoms with E-state index in [0.29, 0.717) is 21.7 Å². The largest absolute Gasteiger partial charge is 0.462 e. The molecule has 0 radical (unpaired) electrons. The van der Waals surface area contributed by atoms with Crippen molar-refractivity contribution in [2.24, 2.45) is 0 Å². The summed E-state index contributed by atoms with van der Waals surface area (Å²) >= 11 is 2.54. The van der Waals surface area contributed by atoms with Gasteiger partial charge in [-0.2, -0.15) is 0 Å². The summed E-state index contributed by atoms with van der Waals surface area (Å²) in [5.41, 5.74) is 2.09. The molecule has 9 heteroatoms. The van der Waals surface area contributed by atoms with Crippen LogP contribution in [-0.2, 0) is 16.0 Å². The highest BCUT2D eigenvalue weighted by Crippen LogP contribution is 2.34. The first-order valence-electron chi connectivity index (χ1n) is 9.14. The van der Waals surface area contributed by atoms with Crippen LogP contribution >= 0.6 is 23.1 Å². The zero-order chi connectivity index (χ0) is 20.8. The Labute approximate surface area is 176 Å². The fourth-order valence-corrected chi connectivity index (χ4v) is 4.40. The minimum atomic E-state index is -0.423. The number of anilines is 1. The lowest BCUT2D eigenvalue weighted by Crippen LogP contribution is -2.16. The number of thioether (sulfide) groups is 1. The molecule has 0 saturated heterocycles. The Morgan fingerprint density at radius 3 is 2.66 bits per heavy atom. The Balaban J connectivity index is 1.66. The second-order valence-corrected chi connectivity index (χ2v) is 8.04. The SMILES string of the molecule is CCOC(=O)c1c(NC(=O)CSc2nnc(-c3ccccc3)o2)sc(CC)c1C. The van der Waals surface area contributed by atoms with E-state index in [1.54, 1.807) is 6.92 Å². The van der Waals surface area contributed by atoms with Crippen molar-refractivity contribution in [2.75, 3.05) is 17.7 Å². The van der Waals surface area contributed by atoms with Crippen molar-refractivity contribution in [3.8, 4) is 11.5 Å². The molecule has 7 nitrogen and oxygen atoms in total. The van der Waals surface area contributed by atoms with Gasteiger partial charge in [0.05, 0.1) is 17.9 Å². The molecule has 0 unspecified atom stereocenters. The van der Waals surface area contributed by atoms with Gasteiger partial charge in [-0.05, 0) is 38.0 Å². The Bertz CT molecular complexity index is 999. The summed E-state index contributed by atoms with van der Waals surface area (Å²) in [6.07, 6.45) is 0.776. The molecule has 2 heterocycles. The van der Waals surface area contributed by atoms with Crippen LogP contribution in [0.2, 0.25) is 0 Å². The monoisotopic (exact) mass is 431 g/mol. The third kappa shape index (κ3) is 5.04. The zero-order valence-corrected chi connectivity index (χ0v) is 18.0. The summed E-state index contributed by atoms with van der Waals surface area (Å²) in [5, 5.41) is 11.6. The summed E-state index contributed by atoms with van der Waals surface area (Å²) in [7, 11) is 0. The Morgan fingerprint density at radius 2 is 1.97 bits per heavy atom. The fraction of sp³-hybridized carbons (Fsp3) is 0.300. The minimum Gasteiger partial charge on any atom is -0.462 e. The molecule has 152 valence electrons. The van der Waals surface area contributed by atoms with Crippen LogP contribution in [0.3, 0.4) is 0 Å². The van der Waals surface area contributed by atoms with Gasteiger partial charge in [-0.15, -0.1) is 21.5 Å². The van der Waals surface area contributed by atoms with Crippen LogP contribution in [0.5, 0.6) is 0 Å². The second kappa shape index (κ2) is 9.71. The van der Waals surface area contributed by atoms with Gasteiger partial charge in [0.1, 0.15) is 5.00 Å². The summed E-state index contributed by atoms with van der Waals surface area (Å²) in [6.45, 7) is 5.91. The number of esters is 1. The number of carbonyl (C=O) groups is 2. The maximum Gasteiger partial charge on any atom is 0.341 e. The number of ether oxygens (including phenoxy) is 1. The van der Waals surface area contributed by atoms with E-state index < -0.39 is 5.97 Å². The predicted molar refractivity (Wildman–Crippen MR) is 113 cm³/mol. The van der Waals surface area contributed by atoms with Crippen molar-refractivity contribution >= 4 is 40.0 Å². The highest BCUT2D eigenvalue weighted by molar-refractivity contribution is 7.99. The normalized spacial score (nSPS) is 10.7. The fourth-order valence-electron chi connectivity index (χ4n) is 2.69.